The Labute approximate surface area is 104 Å². The molecule has 1 rings (SSSR count). The molecule has 1 aromatic rings. The van der Waals surface area contributed by atoms with Crippen molar-refractivity contribution in [2.24, 2.45) is 0 Å². The van der Waals surface area contributed by atoms with E-state index in [0.717, 1.165) is 16.7 Å². The first-order valence-electron chi connectivity index (χ1n) is 4.88. The maximum Gasteiger partial charge on any atom is 0.425 e. The van der Waals surface area contributed by atoms with Gasteiger partial charge in [0.25, 0.3) is 0 Å². The van der Waals surface area contributed by atoms with Crippen LogP contribution in [-0.2, 0) is 0 Å². The summed E-state index contributed by atoms with van der Waals surface area (Å²) in [4.78, 5) is 11.4. The molecule has 0 aliphatic rings. The van der Waals surface area contributed by atoms with E-state index in [0.29, 0.717) is 11.7 Å². The third-order valence-electron chi connectivity index (χ3n) is 2.09. The van der Waals surface area contributed by atoms with Crippen LogP contribution in [-0.4, -0.2) is 17.4 Å². The molecule has 0 saturated heterocycles. The van der Waals surface area contributed by atoms with Crippen LogP contribution in [0.2, 0.25) is 0 Å². The fourth-order valence-corrected chi connectivity index (χ4v) is 1.39. The summed E-state index contributed by atoms with van der Waals surface area (Å²) in [6, 6.07) is 7.47. The van der Waals surface area contributed by atoms with Gasteiger partial charge in [-0.1, -0.05) is 26.0 Å². The molecule has 0 aliphatic heterocycles. The standard InChI is InChI=1S/C11H14ClNO2S/c1-8(2)9-5-4-6-10(7-9)15-11(14)13(3)16-12/h4-8H,1-3H3. The van der Waals surface area contributed by atoms with E-state index < -0.39 is 6.09 Å². The molecule has 3 nitrogen and oxygen atoms in total. The molecule has 1 aromatic carbocycles. The van der Waals surface area contributed by atoms with Crippen molar-refractivity contribution in [1.82, 2.24) is 4.31 Å². The molecular formula is C11H14ClNO2S. The zero-order chi connectivity index (χ0) is 12.1. The van der Waals surface area contributed by atoms with Gasteiger partial charge in [0.05, 0.1) is 11.2 Å². The highest BCUT2D eigenvalue weighted by Crippen LogP contribution is 2.21. The number of halogens is 1. The number of ether oxygens (including phenoxy) is 1. The molecule has 1 amide bonds. The minimum absolute atomic E-state index is 0.402. The Morgan fingerprint density at radius 3 is 2.75 bits per heavy atom. The summed E-state index contributed by atoms with van der Waals surface area (Å²) in [5.41, 5.74) is 1.13. The lowest BCUT2D eigenvalue weighted by atomic mass is 10.0. The summed E-state index contributed by atoms with van der Waals surface area (Å²) >= 11 is 0.794. The smallest absolute Gasteiger partial charge is 0.410 e. The van der Waals surface area contributed by atoms with Crippen molar-refractivity contribution < 1.29 is 9.53 Å². The van der Waals surface area contributed by atoms with Gasteiger partial charge >= 0.3 is 6.09 Å². The topological polar surface area (TPSA) is 29.5 Å². The predicted octanol–water partition coefficient (Wildman–Crippen LogP) is 4.04. The van der Waals surface area contributed by atoms with Crippen LogP contribution in [0.4, 0.5) is 4.79 Å². The first-order chi connectivity index (χ1) is 7.54. The van der Waals surface area contributed by atoms with Gasteiger partial charge in [0.2, 0.25) is 0 Å². The van der Waals surface area contributed by atoms with Crippen molar-refractivity contribution in [3.8, 4) is 5.75 Å². The zero-order valence-electron chi connectivity index (χ0n) is 9.44. The summed E-state index contributed by atoms with van der Waals surface area (Å²) in [6.45, 7) is 4.17. The number of carbonyl (C=O) groups excluding carboxylic acids is 1. The highest BCUT2D eigenvalue weighted by Gasteiger charge is 2.11. The van der Waals surface area contributed by atoms with E-state index in [4.69, 9.17) is 15.4 Å². The van der Waals surface area contributed by atoms with Crippen molar-refractivity contribution >= 4 is 27.9 Å². The highest BCUT2D eigenvalue weighted by molar-refractivity contribution is 8.19. The maximum atomic E-state index is 11.4. The lowest BCUT2D eigenvalue weighted by molar-refractivity contribution is 0.187. The second-order valence-electron chi connectivity index (χ2n) is 3.66. The molecule has 0 fully saturated rings. The van der Waals surface area contributed by atoms with Crippen LogP contribution in [0, 0.1) is 0 Å². The number of rotatable bonds is 3. The van der Waals surface area contributed by atoms with E-state index in [1.807, 2.05) is 18.2 Å². The molecule has 0 N–H and O–H groups in total. The second kappa shape index (κ2) is 6.01. The Kier molecular flexibility index (Phi) is 4.96. The van der Waals surface area contributed by atoms with E-state index in [-0.39, 0.29) is 0 Å². The molecule has 16 heavy (non-hydrogen) atoms. The highest BCUT2D eigenvalue weighted by atomic mass is 35.7. The lowest BCUT2D eigenvalue weighted by Gasteiger charge is -2.12. The van der Waals surface area contributed by atoms with Gasteiger partial charge in [-0.3, -0.25) is 0 Å². The van der Waals surface area contributed by atoms with Crippen LogP contribution in [0.3, 0.4) is 0 Å². The lowest BCUT2D eigenvalue weighted by Crippen LogP contribution is -2.22. The number of benzene rings is 1. The molecule has 0 radical (unpaired) electrons. The van der Waals surface area contributed by atoms with E-state index in [1.54, 1.807) is 13.1 Å². The second-order valence-corrected chi connectivity index (χ2v) is 4.76. The molecule has 0 spiro atoms. The molecule has 0 unspecified atom stereocenters. The summed E-state index contributed by atoms with van der Waals surface area (Å²) in [7, 11) is 6.98. The molecule has 0 aliphatic carbocycles. The normalized spacial score (nSPS) is 10.3. The Hall–Kier alpha value is -0.870. The van der Waals surface area contributed by atoms with Gasteiger partial charge in [0.1, 0.15) is 5.75 Å². The van der Waals surface area contributed by atoms with Gasteiger partial charge in [0.15, 0.2) is 0 Å². The third-order valence-corrected chi connectivity index (χ3v) is 3.07. The molecule has 0 atom stereocenters. The monoisotopic (exact) mass is 259 g/mol. The Morgan fingerprint density at radius 2 is 2.19 bits per heavy atom. The quantitative estimate of drug-likeness (QED) is 0.767. The van der Waals surface area contributed by atoms with Gasteiger partial charge in [-0.25, -0.2) is 9.10 Å². The number of hydrogen-bond acceptors (Lipinski definition) is 3. The van der Waals surface area contributed by atoms with E-state index in [1.165, 1.54) is 4.31 Å². The first kappa shape index (κ1) is 13.2. The van der Waals surface area contributed by atoms with Crippen LogP contribution in [0.15, 0.2) is 24.3 Å². The average molecular weight is 260 g/mol. The SMILES string of the molecule is CC(C)c1cccc(OC(=O)N(C)SCl)c1. The van der Waals surface area contributed by atoms with Gasteiger partial charge < -0.3 is 4.74 Å². The molecule has 0 aromatic heterocycles. The van der Waals surface area contributed by atoms with E-state index in [2.05, 4.69) is 13.8 Å². The Bertz CT molecular complexity index is 371. The Morgan fingerprint density at radius 1 is 1.50 bits per heavy atom. The third kappa shape index (κ3) is 3.61. The fourth-order valence-electron chi connectivity index (χ4n) is 1.13. The van der Waals surface area contributed by atoms with Crippen LogP contribution in [0.5, 0.6) is 5.75 Å². The van der Waals surface area contributed by atoms with E-state index >= 15 is 0 Å². The van der Waals surface area contributed by atoms with Gasteiger partial charge in [-0.2, -0.15) is 0 Å². The van der Waals surface area contributed by atoms with Crippen molar-refractivity contribution in [2.75, 3.05) is 7.05 Å². The maximum absolute atomic E-state index is 11.4. The summed E-state index contributed by atoms with van der Waals surface area (Å²) in [5, 5.41) is 0. The van der Waals surface area contributed by atoms with Gasteiger partial charge in [-0.15, -0.1) is 0 Å². The number of amides is 1. The van der Waals surface area contributed by atoms with Crippen molar-refractivity contribution in [1.29, 1.82) is 0 Å². The van der Waals surface area contributed by atoms with Crippen LogP contribution in [0.1, 0.15) is 25.3 Å². The number of carbonyl (C=O) groups is 1. The summed E-state index contributed by atoms with van der Waals surface area (Å²) in [6.07, 6.45) is -0.485. The Balaban J connectivity index is 2.74. The number of hydrogen-bond donors (Lipinski definition) is 0. The number of nitrogens with zero attached hydrogens (tertiary/aromatic N) is 1. The summed E-state index contributed by atoms with van der Waals surface area (Å²) < 4.78 is 6.35. The largest absolute Gasteiger partial charge is 0.425 e. The predicted molar refractivity (Wildman–Crippen MR) is 67.8 cm³/mol. The molecule has 0 saturated carbocycles. The van der Waals surface area contributed by atoms with Crippen LogP contribution >= 0.6 is 21.8 Å². The van der Waals surface area contributed by atoms with Crippen molar-refractivity contribution in [2.45, 2.75) is 19.8 Å². The minimum Gasteiger partial charge on any atom is -0.410 e. The van der Waals surface area contributed by atoms with Gasteiger partial charge in [-0.05, 0) is 34.3 Å². The summed E-state index contributed by atoms with van der Waals surface area (Å²) in [5.74, 6) is 0.938. The molecule has 0 heterocycles. The molecular weight excluding hydrogens is 246 g/mol. The minimum atomic E-state index is -0.485. The fraction of sp³-hybridized carbons (Fsp3) is 0.364. The van der Waals surface area contributed by atoms with Crippen molar-refractivity contribution in [3.05, 3.63) is 29.8 Å². The van der Waals surface area contributed by atoms with Crippen LogP contribution in [0.25, 0.3) is 0 Å². The van der Waals surface area contributed by atoms with Crippen molar-refractivity contribution in [3.63, 3.8) is 0 Å². The zero-order valence-corrected chi connectivity index (χ0v) is 11.0. The molecule has 5 heteroatoms. The van der Waals surface area contributed by atoms with Crippen LogP contribution < -0.4 is 4.74 Å². The van der Waals surface area contributed by atoms with Gasteiger partial charge in [0, 0.05) is 7.05 Å². The molecule has 0 bridgehead atoms. The molecule has 88 valence electrons. The average Bonchev–Trinajstić information content (AvgIpc) is 2.28. The van der Waals surface area contributed by atoms with E-state index in [9.17, 15) is 4.79 Å². The first-order valence-corrected chi connectivity index (χ1v) is 6.48.